The number of aryl methyl sites for hydroxylation is 1. The van der Waals surface area contributed by atoms with Crippen LogP contribution in [0.15, 0.2) is 5.38 Å². The van der Waals surface area contributed by atoms with E-state index >= 15 is 0 Å². The van der Waals surface area contributed by atoms with Crippen molar-refractivity contribution in [2.45, 2.75) is 32.9 Å². The highest BCUT2D eigenvalue weighted by Gasteiger charge is 2.24. The number of rotatable bonds is 2. The lowest BCUT2D eigenvalue weighted by molar-refractivity contribution is 0.0259. The number of aliphatic hydroxyl groups excluding tert-OH is 1. The highest BCUT2D eigenvalue weighted by atomic mass is 32.1. The second kappa shape index (κ2) is 4.60. The van der Waals surface area contributed by atoms with Gasteiger partial charge in [-0.2, -0.15) is 0 Å². The fraction of sp³-hybridized carbons (Fsp3) is 0.727. The zero-order valence-corrected chi connectivity index (χ0v) is 10.1. The van der Waals surface area contributed by atoms with Crippen molar-refractivity contribution < 1.29 is 5.11 Å². The average molecular weight is 226 g/mol. The Morgan fingerprint density at radius 3 is 3.07 bits per heavy atom. The predicted molar refractivity (Wildman–Crippen MR) is 61.9 cm³/mol. The second-order valence-electron chi connectivity index (χ2n) is 4.45. The van der Waals surface area contributed by atoms with Gasteiger partial charge < -0.3 is 5.11 Å². The number of hydrogen-bond donors (Lipinski definition) is 1. The van der Waals surface area contributed by atoms with Crippen molar-refractivity contribution in [1.29, 1.82) is 0 Å². The van der Waals surface area contributed by atoms with Crippen LogP contribution >= 0.6 is 11.3 Å². The molecular formula is C11H18N2OS. The molecule has 84 valence electrons. The van der Waals surface area contributed by atoms with E-state index in [1.165, 1.54) is 0 Å². The van der Waals surface area contributed by atoms with E-state index in [1.807, 2.05) is 6.92 Å². The standard InChI is InChI=1S/C11H18N2OS/c1-8-3-4-13(5-10(8)14)6-11-12-9(2)7-15-11/h7-8,10,14H,3-6H2,1-2H3. The van der Waals surface area contributed by atoms with E-state index in [4.69, 9.17) is 0 Å². The summed E-state index contributed by atoms with van der Waals surface area (Å²) in [6.45, 7) is 6.90. The number of thiazole rings is 1. The average Bonchev–Trinajstić information content (AvgIpc) is 2.58. The fourth-order valence-corrected chi connectivity index (χ4v) is 2.74. The monoisotopic (exact) mass is 226 g/mol. The van der Waals surface area contributed by atoms with Crippen LogP contribution < -0.4 is 0 Å². The maximum absolute atomic E-state index is 9.77. The van der Waals surface area contributed by atoms with Crippen LogP contribution in [0.25, 0.3) is 0 Å². The summed E-state index contributed by atoms with van der Waals surface area (Å²) in [7, 11) is 0. The minimum Gasteiger partial charge on any atom is -0.392 e. The Morgan fingerprint density at radius 2 is 2.47 bits per heavy atom. The van der Waals surface area contributed by atoms with Gasteiger partial charge in [-0.3, -0.25) is 4.90 Å². The Labute approximate surface area is 94.8 Å². The van der Waals surface area contributed by atoms with Gasteiger partial charge in [-0.1, -0.05) is 6.92 Å². The Balaban J connectivity index is 1.90. The molecule has 1 aliphatic heterocycles. The topological polar surface area (TPSA) is 36.4 Å². The summed E-state index contributed by atoms with van der Waals surface area (Å²) in [4.78, 5) is 6.74. The fourth-order valence-electron chi connectivity index (χ4n) is 1.92. The van der Waals surface area contributed by atoms with Crippen LogP contribution in [0.4, 0.5) is 0 Å². The Hall–Kier alpha value is -0.450. The van der Waals surface area contributed by atoms with Crippen LogP contribution in [0.3, 0.4) is 0 Å². The lowest BCUT2D eigenvalue weighted by atomic mass is 9.96. The molecule has 1 aliphatic rings. The van der Waals surface area contributed by atoms with Crippen molar-refractivity contribution in [3.8, 4) is 0 Å². The number of likely N-dealkylation sites (tertiary alicyclic amines) is 1. The van der Waals surface area contributed by atoms with Gasteiger partial charge in [0, 0.05) is 17.6 Å². The third-order valence-corrected chi connectivity index (χ3v) is 3.98. The van der Waals surface area contributed by atoms with E-state index < -0.39 is 0 Å². The minimum atomic E-state index is -0.167. The van der Waals surface area contributed by atoms with Crippen molar-refractivity contribution in [3.63, 3.8) is 0 Å². The molecule has 1 aromatic heterocycles. The van der Waals surface area contributed by atoms with Crippen LogP contribution in [-0.2, 0) is 6.54 Å². The predicted octanol–water partition coefficient (Wildman–Crippen LogP) is 1.65. The smallest absolute Gasteiger partial charge is 0.107 e. The zero-order valence-electron chi connectivity index (χ0n) is 9.31. The molecule has 0 aliphatic carbocycles. The molecule has 1 aromatic rings. The minimum absolute atomic E-state index is 0.167. The van der Waals surface area contributed by atoms with E-state index in [2.05, 4.69) is 22.2 Å². The van der Waals surface area contributed by atoms with Gasteiger partial charge in [0.1, 0.15) is 5.01 Å². The van der Waals surface area contributed by atoms with E-state index in [0.29, 0.717) is 5.92 Å². The summed E-state index contributed by atoms with van der Waals surface area (Å²) in [5.41, 5.74) is 1.10. The third kappa shape index (κ3) is 2.77. The molecule has 0 saturated carbocycles. The Bertz CT molecular complexity index is 326. The van der Waals surface area contributed by atoms with E-state index in [-0.39, 0.29) is 6.10 Å². The summed E-state index contributed by atoms with van der Waals surface area (Å²) in [6, 6.07) is 0. The maximum atomic E-state index is 9.77. The van der Waals surface area contributed by atoms with Gasteiger partial charge in [-0.25, -0.2) is 4.98 Å². The first-order valence-corrected chi connectivity index (χ1v) is 6.34. The van der Waals surface area contributed by atoms with E-state index in [1.54, 1.807) is 11.3 Å². The number of aliphatic hydroxyl groups is 1. The van der Waals surface area contributed by atoms with Crippen LogP contribution in [0.1, 0.15) is 24.0 Å². The van der Waals surface area contributed by atoms with E-state index in [9.17, 15) is 5.11 Å². The molecule has 1 N–H and O–H groups in total. The lowest BCUT2D eigenvalue weighted by Crippen LogP contribution is -2.42. The van der Waals surface area contributed by atoms with Gasteiger partial charge in [0.25, 0.3) is 0 Å². The summed E-state index contributed by atoms with van der Waals surface area (Å²) in [5.74, 6) is 0.444. The van der Waals surface area contributed by atoms with Crippen molar-refractivity contribution >= 4 is 11.3 Å². The van der Waals surface area contributed by atoms with Crippen molar-refractivity contribution in [2.75, 3.05) is 13.1 Å². The molecule has 0 bridgehead atoms. The van der Waals surface area contributed by atoms with Gasteiger partial charge in [0.05, 0.1) is 12.6 Å². The van der Waals surface area contributed by atoms with Crippen LogP contribution in [0.5, 0.6) is 0 Å². The number of piperidine rings is 1. The van der Waals surface area contributed by atoms with Gasteiger partial charge in [0.15, 0.2) is 0 Å². The number of aromatic nitrogens is 1. The summed E-state index contributed by atoms with van der Waals surface area (Å²) in [6.07, 6.45) is 0.922. The van der Waals surface area contributed by atoms with Gasteiger partial charge in [-0.05, 0) is 25.8 Å². The summed E-state index contributed by atoms with van der Waals surface area (Å²) in [5, 5.41) is 13.0. The highest BCUT2D eigenvalue weighted by molar-refractivity contribution is 7.09. The molecule has 15 heavy (non-hydrogen) atoms. The first-order chi connectivity index (χ1) is 7.15. The molecule has 0 amide bonds. The van der Waals surface area contributed by atoms with E-state index in [0.717, 1.165) is 36.8 Å². The first kappa shape index (κ1) is 11.0. The number of hydrogen-bond acceptors (Lipinski definition) is 4. The molecule has 1 fully saturated rings. The lowest BCUT2D eigenvalue weighted by Gasteiger charge is -2.33. The molecule has 2 rings (SSSR count). The molecule has 4 heteroatoms. The maximum Gasteiger partial charge on any atom is 0.107 e. The Morgan fingerprint density at radius 1 is 1.67 bits per heavy atom. The van der Waals surface area contributed by atoms with Crippen LogP contribution in [0, 0.1) is 12.8 Å². The molecule has 1 saturated heterocycles. The molecule has 2 heterocycles. The molecule has 3 nitrogen and oxygen atoms in total. The van der Waals surface area contributed by atoms with Crippen molar-refractivity contribution in [1.82, 2.24) is 9.88 Å². The van der Waals surface area contributed by atoms with Gasteiger partial charge in [-0.15, -0.1) is 11.3 Å². The number of nitrogens with zero attached hydrogens (tertiary/aromatic N) is 2. The molecule has 0 radical (unpaired) electrons. The Kier molecular flexibility index (Phi) is 3.38. The molecule has 0 spiro atoms. The van der Waals surface area contributed by atoms with Crippen molar-refractivity contribution in [2.24, 2.45) is 5.92 Å². The van der Waals surface area contributed by atoms with Gasteiger partial charge >= 0.3 is 0 Å². The molecule has 0 aromatic carbocycles. The quantitative estimate of drug-likeness (QED) is 0.833. The van der Waals surface area contributed by atoms with Gasteiger partial charge in [0.2, 0.25) is 0 Å². The second-order valence-corrected chi connectivity index (χ2v) is 5.39. The largest absolute Gasteiger partial charge is 0.392 e. The zero-order chi connectivity index (χ0) is 10.8. The highest BCUT2D eigenvalue weighted by Crippen LogP contribution is 2.20. The van der Waals surface area contributed by atoms with Crippen molar-refractivity contribution in [3.05, 3.63) is 16.1 Å². The third-order valence-electron chi connectivity index (χ3n) is 3.03. The molecule has 2 atom stereocenters. The molecule has 2 unspecified atom stereocenters. The van der Waals surface area contributed by atoms with Crippen LogP contribution in [-0.4, -0.2) is 34.2 Å². The normalized spacial score (nSPS) is 28.2. The summed E-state index contributed by atoms with van der Waals surface area (Å²) < 4.78 is 0. The SMILES string of the molecule is Cc1csc(CN2CCC(C)C(O)C2)n1. The molecular weight excluding hydrogens is 208 g/mol. The summed E-state index contributed by atoms with van der Waals surface area (Å²) >= 11 is 1.71. The van der Waals surface area contributed by atoms with Crippen LogP contribution in [0.2, 0.25) is 0 Å². The number of β-amino-alcohol motifs (C(OH)–C–C–N with tert-alkyl or cyclic N) is 1. The first-order valence-electron chi connectivity index (χ1n) is 5.46.